The van der Waals surface area contributed by atoms with Gasteiger partial charge in [-0.2, -0.15) is 0 Å². The van der Waals surface area contributed by atoms with Gasteiger partial charge in [-0.3, -0.25) is 4.79 Å². The lowest BCUT2D eigenvalue weighted by molar-refractivity contribution is -0.121. The molecule has 152 valence electrons. The summed E-state index contributed by atoms with van der Waals surface area (Å²) in [5.41, 5.74) is 2.20. The molecule has 0 bridgehead atoms. The Labute approximate surface area is 167 Å². The maximum absolute atomic E-state index is 12.6. The first-order chi connectivity index (χ1) is 13.3. The number of sulfonamides is 1. The van der Waals surface area contributed by atoms with Crippen LogP contribution in [0.15, 0.2) is 53.4 Å². The van der Waals surface area contributed by atoms with Gasteiger partial charge in [0.05, 0.1) is 18.0 Å². The number of carbonyl (C=O) groups excluding carboxylic acids is 1. The van der Waals surface area contributed by atoms with Crippen LogP contribution in [0, 0.1) is 6.92 Å². The van der Waals surface area contributed by atoms with Crippen LogP contribution in [0.4, 0.5) is 0 Å². The number of nitrogens with zero attached hydrogens (tertiary/aromatic N) is 1. The van der Waals surface area contributed by atoms with Crippen LogP contribution in [-0.2, 0) is 14.8 Å². The summed E-state index contributed by atoms with van der Waals surface area (Å²) < 4.78 is 31.5. The number of amides is 1. The van der Waals surface area contributed by atoms with Crippen LogP contribution < -0.4 is 10.1 Å². The zero-order chi connectivity index (χ0) is 20.7. The van der Waals surface area contributed by atoms with Crippen molar-refractivity contribution in [3.05, 3.63) is 59.7 Å². The van der Waals surface area contributed by atoms with Gasteiger partial charge in [0, 0.05) is 20.0 Å². The van der Waals surface area contributed by atoms with E-state index in [0.29, 0.717) is 12.2 Å². The number of carbonyl (C=O) groups is 1. The van der Waals surface area contributed by atoms with Gasteiger partial charge in [-0.25, -0.2) is 12.7 Å². The van der Waals surface area contributed by atoms with Crippen molar-refractivity contribution in [1.29, 1.82) is 0 Å². The molecule has 0 aliphatic rings. The first kappa shape index (κ1) is 21.9. The lowest BCUT2D eigenvalue weighted by atomic mass is 10.0. The van der Waals surface area contributed by atoms with E-state index in [-0.39, 0.29) is 29.8 Å². The van der Waals surface area contributed by atoms with Crippen molar-refractivity contribution < 1.29 is 17.9 Å². The maximum atomic E-state index is 12.6. The van der Waals surface area contributed by atoms with Crippen LogP contribution in [0.5, 0.6) is 5.75 Å². The van der Waals surface area contributed by atoms with Gasteiger partial charge in [0.25, 0.3) is 0 Å². The van der Waals surface area contributed by atoms with Gasteiger partial charge in [0.15, 0.2) is 0 Å². The number of rotatable bonds is 9. The fraction of sp³-hybridized carbons (Fsp3) is 0.381. The molecule has 0 heterocycles. The molecule has 0 spiro atoms. The molecule has 28 heavy (non-hydrogen) atoms. The summed E-state index contributed by atoms with van der Waals surface area (Å²) in [6.45, 7) is 4.22. The minimum absolute atomic E-state index is 0.0885. The number of nitrogens with one attached hydrogen (secondary N) is 1. The van der Waals surface area contributed by atoms with E-state index < -0.39 is 10.0 Å². The standard InChI is InChI=1S/C21H28N2O4S/c1-16-8-5-6-9-20(16)17(2)22-21(24)10-7-15-23(3)28(25,26)19-13-11-18(27-4)12-14-19/h5-6,8-9,11-14,17H,7,10,15H2,1-4H3,(H,22,24)/t17-/m0/s1. The average molecular weight is 405 g/mol. The van der Waals surface area contributed by atoms with Crippen LogP contribution in [0.25, 0.3) is 0 Å². The highest BCUT2D eigenvalue weighted by atomic mass is 32.2. The molecule has 0 unspecified atom stereocenters. The van der Waals surface area contributed by atoms with Crippen molar-refractivity contribution in [1.82, 2.24) is 9.62 Å². The molecule has 1 amide bonds. The number of ether oxygens (including phenoxy) is 1. The summed E-state index contributed by atoms with van der Waals surface area (Å²) in [5.74, 6) is 0.507. The van der Waals surface area contributed by atoms with Crippen molar-refractivity contribution in [3.8, 4) is 5.75 Å². The van der Waals surface area contributed by atoms with E-state index in [0.717, 1.165) is 11.1 Å². The second-order valence-corrected chi connectivity index (χ2v) is 8.80. The molecule has 0 saturated heterocycles. The molecule has 0 saturated carbocycles. The van der Waals surface area contributed by atoms with Crippen molar-refractivity contribution in [2.45, 2.75) is 37.6 Å². The number of methoxy groups -OCH3 is 1. The third-order valence-electron chi connectivity index (χ3n) is 4.68. The lowest BCUT2D eigenvalue weighted by Crippen LogP contribution is -2.30. The molecular weight excluding hydrogens is 376 g/mol. The Balaban J connectivity index is 1.86. The summed E-state index contributed by atoms with van der Waals surface area (Å²) in [7, 11) is -0.538. The number of hydrogen-bond donors (Lipinski definition) is 1. The first-order valence-electron chi connectivity index (χ1n) is 9.21. The Bertz CT molecular complexity index is 895. The molecule has 1 atom stereocenters. The van der Waals surface area contributed by atoms with Gasteiger partial charge in [0.1, 0.15) is 5.75 Å². The van der Waals surface area contributed by atoms with Crippen molar-refractivity contribution in [3.63, 3.8) is 0 Å². The predicted molar refractivity (Wildman–Crippen MR) is 110 cm³/mol. The fourth-order valence-corrected chi connectivity index (χ4v) is 4.18. The van der Waals surface area contributed by atoms with Gasteiger partial charge >= 0.3 is 0 Å². The van der Waals surface area contributed by atoms with E-state index in [1.807, 2.05) is 38.1 Å². The highest BCUT2D eigenvalue weighted by Gasteiger charge is 2.21. The second-order valence-electron chi connectivity index (χ2n) is 6.75. The largest absolute Gasteiger partial charge is 0.497 e. The van der Waals surface area contributed by atoms with Crippen molar-refractivity contribution in [2.24, 2.45) is 0 Å². The fourth-order valence-electron chi connectivity index (χ4n) is 2.97. The topological polar surface area (TPSA) is 75.7 Å². The summed E-state index contributed by atoms with van der Waals surface area (Å²) in [5, 5.41) is 2.97. The van der Waals surface area contributed by atoms with Gasteiger partial charge < -0.3 is 10.1 Å². The summed E-state index contributed by atoms with van der Waals surface area (Å²) >= 11 is 0. The normalized spacial score (nSPS) is 12.6. The Hall–Kier alpha value is -2.38. The number of benzene rings is 2. The van der Waals surface area contributed by atoms with Crippen LogP contribution in [0.1, 0.15) is 36.9 Å². The van der Waals surface area contributed by atoms with Crippen LogP contribution in [0.3, 0.4) is 0 Å². The third-order valence-corrected chi connectivity index (χ3v) is 6.55. The highest BCUT2D eigenvalue weighted by molar-refractivity contribution is 7.89. The van der Waals surface area contributed by atoms with E-state index in [9.17, 15) is 13.2 Å². The molecule has 0 aliphatic carbocycles. The van der Waals surface area contributed by atoms with Gasteiger partial charge in [-0.1, -0.05) is 24.3 Å². The molecule has 0 aromatic heterocycles. The number of aryl methyl sites for hydroxylation is 1. The predicted octanol–water partition coefficient (Wildman–Crippen LogP) is 3.28. The quantitative estimate of drug-likeness (QED) is 0.696. The lowest BCUT2D eigenvalue weighted by Gasteiger charge is -2.19. The van der Waals surface area contributed by atoms with E-state index in [1.54, 1.807) is 12.1 Å². The van der Waals surface area contributed by atoms with Crippen molar-refractivity contribution in [2.75, 3.05) is 20.7 Å². The molecule has 1 N–H and O–H groups in total. The minimum atomic E-state index is -3.59. The maximum Gasteiger partial charge on any atom is 0.242 e. The van der Waals surface area contributed by atoms with Crippen LogP contribution >= 0.6 is 0 Å². The Morgan fingerprint density at radius 2 is 1.79 bits per heavy atom. The molecule has 7 heteroatoms. The third kappa shape index (κ3) is 5.56. The Kier molecular flexibility index (Phi) is 7.60. The molecule has 0 radical (unpaired) electrons. The Morgan fingerprint density at radius 1 is 1.14 bits per heavy atom. The van der Waals surface area contributed by atoms with Gasteiger partial charge in [-0.05, 0) is 55.7 Å². The SMILES string of the molecule is COc1ccc(S(=O)(=O)N(C)CCCC(=O)N[C@@H](C)c2ccccc2C)cc1. The van der Waals surface area contributed by atoms with E-state index in [2.05, 4.69) is 5.32 Å². The highest BCUT2D eigenvalue weighted by Crippen LogP contribution is 2.19. The minimum Gasteiger partial charge on any atom is -0.497 e. The van der Waals surface area contributed by atoms with Gasteiger partial charge in [0.2, 0.25) is 15.9 Å². The molecule has 6 nitrogen and oxygen atoms in total. The zero-order valence-electron chi connectivity index (χ0n) is 16.8. The molecule has 2 rings (SSSR count). The molecule has 2 aromatic rings. The Morgan fingerprint density at radius 3 is 2.39 bits per heavy atom. The van der Waals surface area contributed by atoms with E-state index in [4.69, 9.17) is 4.74 Å². The molecular formula is C21H28N2O4S. The summed E-state index contributed by atoms with van der Waals surface area (Å²) in [6.07, 6.45) is 0.705. The molecule has 0 aliphatic heterocycles. The van der Waals surface area contributed by atoms with E-state index in [1.165, 1.54) is 30.6 Å². The van der Waals surface area contributed by atoms with Gasteiger partial charge in [-0.15, -0.1) is 0 Å². The number of hydrogen-bond acceptors (Lipinski definition) is 4. The second kappa shape index (κ2) is 9.71. The molecule has 0 fully saturated rings. The summed E-state index contributed by atoms with van der Waals surface area (Å²) in [6, 6.07) is 14.1. The average Bonchev–Trinajstić information content (AvgIpc) is 2.68. The first-order valence-corrected chi connectivity index (χ1v) is 10.6. The van der Waals surface area contributed by atoms with Crippen LogP contribution in [-0.4, -0.2) is 39.3 Å². The van der Waals surface area contributed by atoms with Crippen LogP contribution in [0.2, 0.25) is 0 Å². The van der Waals surface area contributed by atoms with E-state index >= 15 is 0 Å². The summed E-state index contributed by atoms with van der Waals surface area (Å²) in [4.78, 5) is 12.4. The zero-order valence-corrected chi connectivity index (χ0v) is 17.6. The molecule has 2 aromatic carbocycles. The smallest absolute Gasteiger partial charge is 0.242 e. The monoisotopic (exact) mass is 404 g/mol. The van der Waals surface area contributed by atoms with Crippen molar-refractivity contribution >= 4 is 15.9 Å².